The van der Waals surface area contributed by atoms with E-state index in [1.807, 2.05) is 17.0 Å². The Hall–Kier alpha value is -1.46. The molecule has 2 saturated heterocycles. The molecule has 3 aliphatic rings. The summed E-state index contributed by atoms with van der Waals surface area (Å²) in [6, 6.07) is 7.04. The van der Waals surface area contributed by atoms with Gasteiger partial charge in [-0.25, -0.2) is 4.39 Å². The van der Waals surface area contributed by atoms with E-state index in [0.29, 0.717) is 5.92 Å². The number of amides is 1. The maximum Gasteiger partial charge on any atom is 0.255 e. The molecular formula is C21H29FN2O2. The smallest absolute Gasteiger partial charge is 0.255 e. The van der Waals surface area contributed by atoms with Crippen LogP contribution < -0.4 is 0 Å². The molecule has 1 unspecified atom stereocenters. The van der Waals surface area contributed by atoms with E-state index in [4.69, 9.17) is 4.74 Å². The Labute approximate surface area is 155 Å². The van der Waals surface area contributed by atoms with Gasteiger partial charge in [-0.05, 0) is 76.2 Å². The topological polar surface area (TPSA) is 32.8 Å². The Morgan fingerprint density at radius 2 is 1.85 bits per heavy atom. The van der Waals surface area contributed by atoms with Gasteiger partial charge in [0, 0.05) is 19.1 Å². The van der Waals surface area contributed by atoms with Gasteiger partial charge in [0.2, 0.25) is 0 Å². The molecule has 5 heteroatoms. The van der Waals surface area contributed by atoms with E-state index in [1.54, 1.807) is 0 Å². The summed E-state index contributed by atoms with van der Waals surface area (Å²) in [5.41, 5.74) is 0.672. The summed E-state index contributed by atoms with van der Waals surface area (Å²) in [4.78, 5) is 17.1. The van der Waals surface area contributed by atoms with E-state index in [0.717, 1.165) is 57.4 Å². The number of halogens is 1. The number of carbonyl (C=O) groups is 1. The standard InChI is InChI=1S/C21H29FN2O2/c1-15(2)24-14-19(26-21(9-10-21)20(24)25)17-7-11-23(12-8-17)13-16-3-5-18(22)6-4-16/h3-6,15,17,19H,7-14H2,1-2H3. The second-order valence-electron chi connectivity index (χ2n) is 8.44. The van der Waals surface area contributed by atoms with Crippen LogP contribution in [-0.2, 0) is 16.1 Å². The summed E-state index contributed by atoms with van der Waals surface area (Å²) in [5, 5.41) is 0. The Bertz CT molecular complexity index is 648. The van der Waals surface area contributed by atoms with E-state index in [9.17, 15) is 9.18 Å². The number of benzene rings is 1. The lowest BCUT2D eigenvalue weighted by atomic mass is 9.89. The maximum absolute atomic E-state index is 13.1. The zero-order valence-corrected chi connectivity index (χ0v) is 15.8. The molecule has 3 fully saturated rings. The van der Waals surface area contributed by atoms with Crippen LogP contribution >= 0.6 is 0 Å². The Kier molecular flexibility index (Phi) is 4.78. The van der Waals surface area contributed by atoms with Gasteiger partial charge in [-0.2, -0.15) is 0 Å². The van der Waals surface area contributed by atoms with Crippen molar-refractivity contribution in [1.29, 1.82) is 0 Å². The Morgan fingerprint density at radius 1 is 1.19 bits per heavy atom. The molecule has 0 bridgehead atoms. The van der Waals surface area contributed by atoms with Crippen LogP contribution in [0, 0.1) is 11.7 Å². The van der Waals surface area contributed by atoms with Crippen LogP contribution in [0.15, 0.2) is 24.3 Å². The first-order valence-electron chi connectivity index (χ1n) is 9.92. The third-order valence-corrected chi connectivity index (χ3v) is 6.21. The molecule has 2 heterocycles. The van der Waals surface area contributed by atoms with Crippen molar-refractivity contribution >= 4 is 5.91 Å². The SMILES string of the molecule is CC(C)N1CC(C2CCN(Cc3ccc(F)cc3)CC2)OC2(CC2)C1=O. The molecule has 1 atom stereocenters. The summed E-state index contributed by atoms with van der Waals surface area (Å²) in [6.07, 6.45) is 4.14. The van der Waals surface area contributed by atoms with Crippen molar-refractivity contribution in [2.45, 2.75) is 63.8 Å². The Morgan fingerprint density at radius 3 is 2.42 bits per heavy atom. The van der Waals surface area contributed by atoms with Gasteiger partial charge in [-0.3, -0.25) is 9.69 Å². The van der Waals surface area contributed by atoms with Gasteiger partial charge in [0.15, 0.2) is 0 Å². The molecule has 0 aromatic heterocycles. The van der Waals surface area contributed by atoms with Crippen molar-refractivity contribution in [3.63, 3.8) is 0 Å². The third-order valence-electron chi connectivity index (χ3n) is 6.21. The number of rotatable bonds is 4. The number of hydrogen-bond donors (Lipinski definition) is 0. The normalized spacial score (nSPS) is 26.7. The summed E-state index contributed by atoms with van der Waals surface area (Å²) < 4.78 is 19.4. The van der Waals surface area contributed by atoms with Crippen LogP contribution in [0.4, 0.5) is 4.39 Å². The zero-order valence-electron chi connectivity index (χ0n) is 15.8. The number of ether oxygens (including phenoxy) is 1. The van der Waals surface area contributed by atoms with Crippen LogP contribution in [0.1, 0.15) is 45.1 Å². The van der Waals surface area contributed by atoms with Gasteiger partial charge in [0.1, 0.15) is 11.4 Å². The highest BCUT2D eigenvalue weighted by Crippen LogP contribution is 2.47. The largest absolute Gasteiger partial charge is 0.360 e. The van der Waals surface area contributed by atoms with Gasteiger partial charge in [0.05, 0.1) is 6.10 Å². The summed E-state index contributed by atoms with van der Waals surface area (Å²) in [7, 11) is 0. The van der Waals surface area contributed by atoms with E-state index in [2.05, 4.69) is 18.7 Å². The lowest BCUT2D eigenvalue weighted by Gasteiger charge is -2.45. The summed E-state index contributed by atoms with van der Waals surface area (Å²) >= 11 is 0. The molecule has 142 valence electrons. The summed E-state index contributed by atoms with van der Waals surface area (Å²) in [5.74, 6) is 0.545. The fraction of sp³-hybridized carbons (Fsp3) is 0.667. The molecule has 1 saturated carbocycles. The van der Waals surface area contributed by atoms with Crippen LogP contribution in [0.2, 0.25) is 0 Å². The lowest BCUT2D eigenvalue weighted by Crippen LogP contribution is -2.58. The number of morpholine rings is 1. The molecule has 0 N–H and O–H groups in total. The van der Waals surface area contributed by atoms with Gasteiger partial charge in [0.25, 0.3) is 5.91 Å². The first kappa shape index (κ1) is 17.9. The van der Waals surface area contributed by atoms with Crippen molar-refractivity contribution < 1.29 is 13.9 Å². The lowest BCUT2D eigenvalue weighted by molar-refractivity contribution is -0.177. The van der Waals surface area contributed by atoms with Gasteiger partial charge >= 0.3 is 0 Å². The second-order valence-corrected chi connectivity index (χ2v) is 8.44. The predicted molar refractivity (Wildman–Crippen MR) is 98.1 cm³/mol. The highest BCUT2D eigenvalue weighted by atomic mass is 19.1. The first-order chi connectivity index (χ1) is 12.5. The van der Waals surface area contributed by atoms with Crippen LogP contribution in [0.3, 0.4) is 0 Å². The average molecular weight is 360 g/mol. The monoisotopic (exact) mass is 360 g/mol. The van der Waals surface area contributed by atoms with E-state index in [1.165, 1.54) is 12.1 Å². The molecular weight excluding hydrogens is 331 g/mol. The number of carbonyl (C=O) groups excluding carboxylic acids is 1. The average Bonchev–Trinajstić information content (AvgIpc) is 3.40. The number of piperidine rings is 1. The maximum atomic E-state index is 13.1. The minimum absolute atomic E-state index is 0.172. The van der Waals surface area contributed by atoms with E-state index in [-0.39, 0.29) is 23.9 Å². The highest BCUT2D eigenvalue weighted by Gasteiger charge is 2.58. The van der Waals surface area contributed by atoms with Gasteiger partial charge in [-0.1, -0.05) is 12.1 Å². The van der Waals surface area contributed by atoms with Crippen LogP contribution in [-0.4, -0.2) is 53.1 Å². The highest BCUT2D eigenvalue weighted by molar-refractivity contribution is 5.89. The third kappa shape index (κ3) is 3.52. The molecule has 4 rings (SSSR count). The minimum Gasteiger partial charge on any atom is -0.360 e. The van der Waals surface area contributed by atoms with Gasteiger partial charge < -0.3 is 9.64 Å². The van der Waals surface area contributed by atoms with Crippen molar-refractivity contribution in [1.82, 2.24) is 9.80 Å². The van der Waals surface area contributed by atoms with E-state index < -0.39 is 5.60 Å². The molecule has 0 radical (unpaired) electrons. The predicted octanol–water partition coefficient (Wildman–Crippen LogP) is 3.21. The number of nitrogens with zero attached hydrogens (tertiary/aromatic N) is 2. The first-order valence-corrected chi connectivity index (χ1v) is 9.92. The molecule has 2 aliphatic heterocycles. The molecule has 1 aromatic rings. The molecule has 1 aromatic carbocycles. The molecule has 26 heavy (non-hydrogen) atoms. The van der Waals surface area contributed by atoms with E-state index >= 15 is 0 Å². The summed E-state index contributed by atoms with van der Waals surface area (Å²) in [6.45, 7) is 7.87. The fourth-order valence-corrected chi connectivity index (χ4v) is 4.38. The van der Waals surface area contributed by atoms with Crippen molar-refractivity contribution in [2.24, 2.45) is 5.92 Å². The fourth-order valence-electron chi connectivity index (χ4n) is 4.38. The zero-order chi connectivity index (χ0) is 18.3. The molecule has 4 nitrogen and oxygen atoms in total. The van der Waals surface area contributed by atoms with Crippen molar-refractivity contribution in [3.05, 3.63) is 35.6 Å². The second kappa shape index (κ2) is 6.93. The Balaban J connectivity index is 1.34. The molecule has 1 amide bonds. The van der Waals surface area contributed by atoms with Gasteiger partial charge in [-0.15, -0.1) is 0 Å². The van der Waals surface area contributed by atoms with Crippen LogP contribution in [0.25, 0.3) is 0 Å². The number of hydrogen-bond acceptors (Lipinski definition) is 3. The number of likely N-dealkylation sites (tertiary alicyclic amines) is 1. The minimum atomic E-state index is -0.488. The quantitative estimate of drug-likeness (QED) is 0.827. The van der Waals surface area contributed by atoms with Crippen LogP contribution in [0.5, 0.6) is 0 Å². The van der Waals surface area contributed by atoms with Crippen molar-refractivity contribution in [3.8, 4) is 0 Å². The molecule has 1 spiro atoms. The molecule has 1 aliphatic carbocycles. The van der Waals surface area contributed by atoms with Crippen molar-refractivity contribution in [2.75, 3.05) is 19.6 Å².